The number of hydrogen-bond acceptors (Lipinski definition) is 1. The normalized spacial score (nSPS) is 12.2. The van der Waals surface area contributed by atoms with Crippen molar-refractivity contribution in [2.75, 3.05) is 0 Å². The van der Waals surface area contributed by atoms with Crippen LogP contribution in [0.4, 0.5) is 0 Å². The van der Waals surface area contributed by atoms with Gasteiger partial charge >= 0.3 is 0 Å². The van der Waals surface area contributed by atoms with Crippen molar-refractivity contribution in [1.82, 2.24) is 4.98 Å². The summed E-state index contributed by atoms with van der Waals surface area (Å²) < 4.78 is 0. The van der Waals surface area contributed by atoms with Gasteiger partial charge in [-0.25, -0.2) is 0 Å². The molecule has 0 aliphatic rings. The molecule has 0 fully saturated rings. The van der Waals surface area contributed by atoms with Gasteiger partial charge in [0.15, 0.2) is 0 Å². The van der Waals surface area contributed by atoms with E-state index in [0.717, 1.165) is 12.1 Å². The highest BCUT2D eigenvalue weighted by Crippen LogP contribution is 2.27. The highest BCUT2D eigenvalue weighted by molar-refractivity contribution is 5.32. The van der Waals surface area contributed by atoms with Gasteiger partial charge in [0, 0.05) is 11.9 Å². The summed E-state index contributed by atoms with van der Waals surface area (Å²) in [6.07, 6.45) is 3.18. The van der Waals surface area contributed by atoms with E-state index in [9.17, 15) is 0 Å². The van der Waals surface area contributed by atoms with Crippen LogP contribution >= 0.6 is 0 Å². The Bertz CT molecular complexity index is 332. The summed E-state index contributed by atoms with van der Waals surface area (Å²) in [7, 11) is 0. The Morgan fingerprint density at radius 3 is 2.33 bits per heavy atom. The van der Waals surface area contributed by atoms with E-state index in [0.29, 0.717) is 5.92 Å². The van der Waals surface area contributed by atoms with Crippen molar-refractivity contribution in [3.63, 3.8) is 0 Å². The van der Waals surface area contributed by atoms with Crippen LogP contribution in [-0.4, -0.2) is 4.98 Å². The Labute approximate surface area is 93.9 Å². The van der Waals surface area contributed by atoms with Crippen molar-refractivity contribution in [2.45, 2.75) is 53.4 Å². The fourth-order valence-electron chi connectivity index (χ4n) is 1.89. The molecular weight excluding hydrogens is 182 g/mol. The highest BCUT2D eigenvalue weighted by atomic mass is 14.7. The summed E-state index contributed by atoms with van der Waals surface area (Å²) in [6.45, 7) is 13.4. The summed E-state index contributed by atoms with van der Waals surface area (Å²) in [5.41, 5.74) is 4.19. The number of hydrogen-bond donors (Lipinski definition) is 0. The van der Waals surface area contributed by atoms with Gasteiger partial charge < -0.3 is 0 Å². The lowest BCUT2D eigenvalue weighted by Crippen LogP contribution is -2.16. The van der Waals surface area contributed by atoms with E-state index in [1.54, 1.807) is 0 Å². The van der Waals surface area contributed by atoms with Crippen LogP contribution < -0.4 is 0 Å². The van der Waals surface area contributed by atoms with Gasteiger partial charge in [0.1, 0.15) is 0 Å². The third kappa shape index (κ3) is 3.33. The minimum absolute atomic E-state index is 0.220. The smallest absolute Gasteiger partial charge is 0.0375 e. The fraction of sp³-hybridized carbons (Fsp3) is 0.643. The van der Waals surface area contributed by atoms with Gasteiger partial charge in [-0.1, -0.05) is 34.6 Å². The minimum atomic E-state index is 0.220. The molecule has 0 atom stereocenters. The second kappa shape index (κ2) is 4.34. The van der Waals surface area contributed by atoms with Crippen LogP contribution in [0.25, 0.3) is 0 Å². The predicted octanol–water partition coefficient (Wildman–Crippen LogP) is 3.89. The van der Waals surface area contributed by atoms with E-state index in [4.69, 9.17) is 0 Å². The van der Waals surface area contributed by atoms with Crippen LogP contribution in [0.1, 0.15) is 51.4 Å². The maximum absolute atomic E-state index is 4.41. The molecule has 0 amide bonds. The summed E-state index contributed by atoms with van der Waals surface area (Å²) in [6, 6.07) is 2.23. The van der Waals surface area contributed by atoms with Crippen molar-refractivity contribution >= 4 is 0 Å². The van der Waals surface area contributed by atoms with Crippen molar-refractivity contribution in [1.29, 1.82) is 0 Å². The molecule has 0 saturated carbocycles. The fourth-order valence-corrected chi connectivity index (χ4v) is 1.89. The molecule has 0 aliphatic heterocycles. The Morgan fingerprint density at radius 2 is 1.87 bits per heavy atom. The summed E-state index contributed by atoms with van der Waals surface area (Å²) in [5.74, 6) is 0.690. The molecule has 1 heteroatoms. The van der Waals surface area contributed by atoms with Crippen LogP contribution in [0.2, 0.25) is 0 Å². The lowest BCUT2D eigenvalue weighted by atomic mass is 9.82. The van der Waals surface area contributed by atoms with E-state index in [1.807, 2.05) is 0 Å². The first-order valence-corrected chi connectivity index (χ1v) is 5.76. The second-order valence-corrected chi connectivity index (χ2v) is 5.83. The molecule has 0 N–H and O–H groups in total. The van der Waals surface area contributed by atoms with Gasteiger partial charge in [0.05, 0.1) is 0 Å². The van der Waals surface area contributed by atoms with Gasteiger partial charge in [-0.05, 0) is 41.9 Å². The lowest BCUT2D eigenvalue weighted by molar-refractivity contribution is 0.564. The molecule has 15 heavy (non-hydrogen) atoms. The number of nitrogens with zero attached hydrogens (tertiary/aromatic N) is 1. The number of aryl methyl sites for hydroxylation is 1. The first kappa shape index (κ1) is 12.2. The second-order valence-electron chi connectivity index (χ2n) is 5.83. The highest BCUT2D eigenvalue weighted by Gasteiger charge is 2.18. The number of pyridine rings is 1. The summed E-state index contributed by atoms with van der Waals surface area (Å²) in [4.78, 5) is 4.41. The zero-order valence-corrected chi connectivity index (χ0v) is 10.9. The third-order valence-electron chi connectivity index (χ3n) is 2.56. The standard InChI is InChI=1S/C14H23N/c1-10(2)7-12-9-15-11(3)8-13(12)14(4,5)6/h8-10H,7H2,1-6H3. The predicted molar refractivity (Wildman–Crippen MR) is 66.2 cm³/mol. The van der Waals surface area contributed by atoms with E-state index in [-0.39, 0.29) is 5.41 Å². The van der Waals surface area contributed by atoms with E-state index < -0.39 is 0 Å². The molecule has 0 bridgehead atoms. The Balaban J connectivity index is 3.15. The maximum atomic E-state index is 4.41. The molecule has 0 aromatic carbocycles. The Kier molecular flexibility index (Phi) is 3.54. The SMILES string of the molecule is Cc1cc(C(C)(C)C)c(CC(C)C)cn1. The van der Waals surface area contributed by atoms with Crippen LogP contribution in [0.3, 0.4) is 0 Å². The Morgan fingerprint density at radius 1 is 1.27 bits per heavy atom. The van der Waals surface area contributed by atoms with Crippen molar-refractivity contribution in [3.05, 3.63) is 29.1 Å². The van der Waals surface area contributed by atoms with Crippen LogP contribution in [-0.2, 0) is 11.8 Å². The molecule has 0 aliphatic carbocycles. The zero-order chi connectivity index (χ0) is 11.6. The van der Waals surface area contributed by atoms with Crippen LogP contribution in [0, 0.1) is 12.8 Å². The van der Waals surface area contributed by atoms with Crippen molar-refractivity contribution < 1.29 is 0 Å². The molecule has 0 unspecified atom stereocenters. The summed E-state index contributed by atoms with van der Waals surface area (Å²) in [5, 5.41) is 0. The van der Waals surface area contributed by atoms with Crippen LogP contribution in [0.5, 0.6) is 0 Å². The largest absolute Gasteiger partial charge is 0.261 e. The molecule has 1 aromatic heterocycles. The molecule has 1 nitrogen and oxygen atoms in total. The first-order valence-electron chi connectivity index (χ1n) is 5.76. The van der Waals surface area contributed by atoms with E-state index in [1.165, 1.54) is 11.1 Å². The van der Waals surface area contributed by atoms with Gasteiger partial charge in [-0.15, -0.1) is 0 Å². The van der Waals surface area contributed by atoms with Gasteiger partial charge in [0.25, 0.3) is 0 Å². The van der Waals surface area contributed by atoms with E-state index >= 15 is 0 Å². The van der Waals surface area contributed by atoms with Gasteiger partial charge in [0.2, 0.25) is 0 Å². The topological polar surface area (TPSA) is 12.9 Å². The van der Waals surface area contributed by atoms with Crippen molar-refractivity contribution in [2.24, 2.45) is 5.92 Å². The molecular formula is C14H23N. The average molecular weight is 205 g/mol. The molecule has 1 aromatic rings. The van der Waals surface area contributed by atoms with Gasteiger partial charge in [-0.3, -0.25) is 4.98 Å². The molecule has 1 heterocycles. The average Bonchev–Trinajstić information content (AvgIpc) is 2.05. The molecule has 0 spiro atoms. The quantitative estimate of drug-likeness (QED) is 0.714. The van der Waals surface area contributed by atoms with Crippen LogP contribution in [0.15, 0.2) is 12.3 Å². The summed E-state index contributed by atoms with van der Waals surface area (Å²) >= 11 is 0. The zero-order valence-electron chi connectivity index (χ0n) is 10.9. The maximum Gasteiger partial charge on any atom is 0.0375 e. The lowest BCUT2D eigenvalue weighted by Gasteiger charge is -2.24. The molecule has 1 rings (SSSR count). The monoisotopic (exact) mass is 205 g/mol. The number of rotatable bonds is 2. The molecule has 84 valence electrons. The first-order chi connectivity index (χ1) is 6.80. The molecule has 0 saturated heterocycles. The number of aromatic nitrogens is 1. The van der Waals surface area contributed by atoms with E-state index in [2.05, 4.69) is 58.8 Å². The Hall–Kier alpha value is -0.850. The third-order valence-corrected chi connectivity index (χ3v) is 2.56. The molecule has 0 radical (unpaired) electrons. The van der Waals surface area contributed by atoms with Crippen molar-refractivity contribution in [3.8, 4) is 0 Å². The minimum Gasteiger partial charge on any atom is -0.261 e. The van der Waals surface area contributed by atoms with Gasteiger partial charge in [-0.2, -0.15) is 0 Å².